The van der Waals surface area contributed by atoms with E-state index in [4.69, 9.17) is 4.74 Å². The molecule has 0 radical (unpaired) electrons. The number of carbonyl (C=O) groups is 2. The fourth-order valence-corrected chi connectivity index (χ4v) is 5.25. The van der Waals surface area contributed by atoms with Crippen LogP contribution in [-0.2, 0) is 17.6 Å². The normalized spacial score (nSPS) is 13.1. The molecule has 1 amide bonds. The Morgan fingerprint density at radius 2 is 1.94 bits per heavy atom. The number of methoxy groups -OCH3 is 1. The molecule has 162 valence electrons. The fraction of sp³-hybridized carbons (Fsp3) is 0.240. The first kappa shape index (κ1) is 20.5. The third-order valence-electron chi connectivity index (χ3n) is 5.91. The van der Waals surface area contributed by atoms with Crippen molar-refractivity contribution in [3.63, 3.8) is 0 Å². The highest BCUT2D eigenvalue weighted by Crippen LogP contribution is 2.38. The molecule has 0 saturated heterocycles. The summed E-state index contributed by atoms with van der Waals surface area (Å²) >= 11 is 1.33. The summed E-state index contributed by atoms with van der Waals surface area (Å²) in [4.78, 5) is 30.1. The number of hydrogen-bond donors (Lipinski definition) is 1. The number of nitrogens with zero attached hydrogens (tertiary/aromatic N) is 2. The van der Waals surface area contributed by atoms with E-state index in [0.29, 0.717) is 21.8 Å². The summed E-state index contributed by atoms with van der Waals surface area (Å²) in [6, 6.07) is 9.85. The van der Waals surface area contributed by atoms with Gasteiger partial charge in [0.15, 0.2) is 0 Å². The van der Waals surface area contributed by atoms with Gasteiger partial charge in [-0.1, -0.05) is 18.2 Å². The lowest BCUT2D eigenvalue weighted by molar-refractivity contribution is 0.0603. The molecule has 0 fully saturated rings. The molecular weight excluding hydrogens is 422 g/mol. The van der Waals surface area contributed by atoms with Gasteiger partial charge < -0.3 is 14.5 Å². The molecule has 1 N–H and O–H groups in total. The van der Waals surface area contributed by atoms with Crippen LogP contribution in [-0.4, -0.2) is 28.4 Å². The van der Waals surface area contributed by atoms with Gasteiger partial charge in [-0.3, -0.25) is 4.79 Å². The van der Waals surface area contributed by atoms with Crippen molar-refractivity contribution in [2.45, 2.75) is 32.6 Å². The number of ether oxygens (including phenoxy) is 1. The van der Waals surface area contributed by atoms with Gasteiger partial charge in [-0.05, 0) is 61.4 Å². The highest BCUT2D eigenvalue weighted by molar-refractivity contribution is 7.15. The summed E-state index contributed by atoms with van der Waals surface area (Å²) in [5.41, 5.74) is 6.91. The van der Waals surface area contributed by atoms with Crippen molar-refractivity contribution in [2.75, 3.05) is 12.4 Å². The van der Waals surface area contributed by atoms with E-state index in [1.54, 1.807) is 18.3 Å². The third-order valence-corrected chi connectivity index (χ3v) is 6.81. The number of nitrogens with one attached hydrogen (secondary N) is 1. The van der Waals surface area contributed by atoms with Gasteiger partial charge in [0.1, 0.15) is 16.2 Å². The second-order valence-corrected chi connectivity index (χ2v) is 8.93. The molecule has 3 aromatic heterocycles. The van der Waals surface area contributed by atoms with Crippen LogP contribution in [0.15, 0.2) is 48.1 Å². The number of benzene rings is 1. The lowest BCUT2D eigenvalue weighted by Gasteiger charge is -2.16. The van der Waals surface area contributed by atoms with Gasteiger partial charge in [-0.2, -0.15) is 0 Å². The predicted molar refractivity (Wildman–Crippen MR) is 126 cm³/mol. The fourth-order valence-electron chi connectivity index (χ4n) is 4.29. The number of fused-ring (bicyclic) bond motifs is 2. The van der Waals surface area contributed by atoms with Crippen molar-refractivity contribution in [1.29, 1.82) is 0 Å². The number of aryl methyl sites for hydroxylation is 3. The van der Waals surface area contributed by atoms with Crippen LogP contribution in [0.25, 0.3) is 16.8 Å². The number of hydrogen-bond acceptors (Lipinski definition) is 5. The monoisotopic (exact) mass is 445 g/mol. The average molecular weight is 446 g/mol. The summed E-state index contributed by atoms with van der Waals surface area (Å²) in [7, 11) is 1.36. The quantitative estimate of drug-likeness (QED) is 0.433. The van der Waals surface area contributed by atoms with Gasteiger partial charge in [-0.25, -0.2) is 9.78 Å². The molecule has 1 aromatic carbocycles. The van der Waals surface area contributed by atoms with Crippen LogP contribution in [0.5, 0.6) is 0 Å². The Bertz CT molecular complexity index is 1350. The predicted octanol–water partition coefficient (Wildman–Crippen LogP) is 5.29. The number of esters is 1. The van der Waals surface area contributed by atoms with Crippen molar-refractivity contribution < 1.29 is 14.3 Å². The van der Waals surface area contributed by atoms with Gasteiger partial charge in [0.05, 0.1) is 12.8 Å². The molecule has 32 heavy (non-hydrogen) atoms. The zero-order valence-corrected chi connectivity index (χ0v) is 18.8. The molecular formula is C25H23N3O3S. The largest absolute Gasteiger partial charge is 0.465 e. The molecule has 1 aliphatic rings. The van der Waals surface area contributed by atoms with Gasteiger partial charge in [0, 0.05) is 28.9 Å². The maximum Gasteiger partial charge on any atom is 0.341 e. The Morgan fingerprint density at radius 3 is 2.75 bits per heavy atom. The molecule has 0 bridgehead atoms. The zero-order valence-electron chi connectivity index (χ0n) is 18.0. The lowest BCUT2D eigenvalue weighted by Crippen LogP contribution is -2.14. The minimum Gasteiger partial charge on any atom is -0.465 e. The van der Waals surface area contributed by atoms with Gasteiger partial charge in [0.2, 0.25) is 0 Å². The van der Waals surface area contributed by atoms with E-state index in [-0.39, 0.29) is 5.91 Å². The molecule has 6 nitrogen and oxygen atoms in total. The minimum atomic E-state index is -0.464. The first-order valence-electron chi connectivity index (χ1n) is 10.6. The van der Waals surface area contributed by atoms with Crippen molar-refractivity contribution in [2.24, 2.45) is 0 Å². The van der Waals surface area contributed by atoms with E-state index >= 15 is 0 Å². The zero-order chi connectivity index (χ0) is 22.2. The van der Waals surface area contributed by atoms with Crippen molar-refractivity contribution in [1.82, 2.24) is 9.38 Å². The number of rotatable bonds is 4. The number of anilines is 1. The summed E-state index contributed by atoms with van der Waals surface area (Å²) < 4.78 is 6.93. The van der Waals surface area contributed by atoms with Crippen molar-refractivity contribution in [3.05, 3.63) is 76.1 Å². The molecule has 3 heterocycles. The number of thiophene rings is 1. The molecule has 7 heteroatoms. The second-order valence-electron chi connectivity index (χ2n) is 8.05. The van der Waals surface area contributed by atoms with Gasteiger partial charge >= 0.3 is 5.97 Å². The first-order valence-corrected chi connectivity index (χ1v) is 11.5. The van der Waals surface area contributed by atoms with Crippen molar-refractivity contribution >= 4 is 33.9 Å². The maximum absolute atomic E-state index is 13.0. The molecule has 1 aliphatic carbocycles. The van der Waals surface area contributed by atoms with Crippen LogP contribution < -0.4 is 5.32 Å². The topological polar surface area (TPSA) is 72.7 Å². The molecule has 0 saturated carbocycles. The number of amides is 1. The molecule has 0 spiro atoms. The molecule has 5 rings (SSSR count). The van der Waals surface area contributed by atoms with Crippen LogP contribution in [0.4, 0.5) is 5.00 Å². The average Bonchev–Trinajstić information content (AvgIpc) is 3.40. The number of imidazole rings is 1. The van der Waals surface area contributed by atoms with Crippen LogP contribution >= 0.6 is 11.3 Å². The highest BCUT2D eigenvalue weighted by Gasteiger charge is 2.23. The SMILES string of the molecule is COC(=O)c1c(-c2ccc3c(c2)CCCC3)csc1NC(=O)c1ccn2cc(C)nc2c1. The summed E-state index contributed by atoms with van der Waals surface area (Å²) in [6.45, 7) is 1.91. The minimum absolute atomic E-state index is 0.294. The van der Waals surface area contributed by atoms with E-state index < -0.39 is 5.97 Å². The highest BCUT2D eigenvalue weighted by atomic mass is 32.1. The number of carbonyl (C=O) groups excluding carboxylic acids is 2. The van der Waals surface area contributed by atoms with E-state index in [1.807, 2.05) is 22.9 Å². The van der Waals surface area contributed by atoms with Crippen LogP contribution in [0, 0.1) is 6.92 Å². The van der Waals surface area contributed by atoms with Crippen LogP contribution in [0.3, 0.4) is 0 Å². The third kappa shape index (κ3) is 3.69. The number of aromatic nitrogens is 2. The van der Waals surface area contributed by atoms with E-state index in [0.717, 1.165) is 29.7 Å². The summed E-state index contributed by atoms with van der Waals surface area (Å²) in [5.74, 6) is -0.759. The molecule has 0 aliphatic heterocycles. The Balaban J connectivity index is 1.49. The van der Waals surface area contributed by atoms with Gasteiger partial charge in [0.25, 0.3) is 5.91 Å². The Morgan fingerprint density at radius 1 is 1.12 bits per heavy atom. The van der Waals surface area contributed by atoms with E-state index in [2.05, 4.69) is 28.5 Å². The number of pyridine rings is 1. The first-order chi connectivity index (χ1) is 15.5. The second kappa shape index (κ2) is 8.24. The van der Waals surface area contributed by atoms with Crippen LogP contribution in [0.2, 0.25) is 0 Å². The maximum atomic E-state index is 13.0. The van der Waals surface area contributed by atoms with E-state index in [9.17, 15) is 9.59 Å². The Hall–Kier alpha value is -3.45. The smallest absolute Gasteiger partial charge is 0.341 e. The van der Waals surface area contributed by atoms with Crippen molar-refractivity contribution in [3.8, 4) is 11.1 Å². The van der Waals surface area contributed by atoms with Crippen LogP contribution in [0.1, 0.15) is 50.4 Å². The molecule has 0 unspecified atom stereocenters. The summed E-state index contributed by atoms with van der Waals surface area (Å²) in [6.07, 6.45) is 8.27. The van der Waals surface area contributed by atoms with Gasteiger partial charge in [-0.15, -0.1) is 11.3 Å². The Labute approximate surface area is 189 Å². The standard InChI is InChI=1S/C25H23N3O3S/c1-15-13-28-10-9-19(12-21(28)26-15)23(29)27-24-22(25(30)31-2)20(14-32-24)18-8-7-16-5-3-4-6-17(16)11-18/h7-14H,3-6H2,1-2H3,(H,27,29). The van der Waals surface area contributed by atoms with E-state index in [1.165, 1.54) is 42.4 Å². The summed E-state index contributed by atoms with van der Waals surface area (Å²) in [5, 5.41) is 5.30. The molecule has 4 aromatic rings. The lowest BCUT2D eigenvalue weighted by atomic mass is 9.89. The Kier molecular flexibility index (Phi) is 5.27. The molecule has 0 atom stereocenters.